The summed E-state index contributed by atoms with van der Waals surface area (Å²) >= 11 is 0. The number of alkyl halides is 3. The fraction of sp³-hybridized carbons (Fsp3) is 1.00. The highest BCUT2D eigenvalue weighted by molar-refractivity contribution is 5.10. The molecule has 2 aliphatic carbocycles. The number of nitrogens with one attached hydrogen (secondary N) is 1. The minimum Gasteiger partial charge on any atom is -0.394 e. The van der Waals surface area contributed by atoms with Gasteiger partial charge in [-0.3, -0.25) is 5.32 Å². The van der Waals surface area contributed by atoms with Crippen molar-refractivity contribution in [3.8, 4) is 0 Å². The molecule has 56 heavy (non-hydrogen) atoms. The highest BCUT2D eigenvalue weighted by atomic mass is 19.4. The van der Waals surface area contributed by atoms with Gasteiger partial charge in [-0.25, -0.2) is 0 Å². The number of hydrogen-bond donors (Lipinski definition) is 7. The first-order valence-electron chi connectivity index (χ1n) is 22.7. The molecule has 330 valence electrons. The highest BCUT2D eigenvalue weighted by Crippen LogP contribution is 2.59. The second kappa shape index (κ2) is 25.2. The van der Waals surface area contributed by atoms with Crippen LogP contribution in [-0.4, -0.2) is 117 Å². The largest absolute Gasteiger partial charge is 0.403 e. The number of ether oxygens (including phenoxy) is 3. The van der Waals surface area contributed by atoms with E-state index < -0.39 is 74.4 Å². The number of halogens is 3. The number of hydrogen-bond acceptors (Lipinski definition) is 10. The second-order valence-corrected chi connectivity index (χ2v) is 17.8. The van der Waals surface area contributed by atoms with E-state index in [0.29, 0.717) is 31.5 Å². The molecule has 4 fully saturated rings. The van der Waals surface area contributed by atoms with Crippen LogP contribution in [0.1, 0.15) is 167 Å². The van der Waals surface area contributed by atoms with Gasteiger partial charge >= 0.3 is 6.18 Å². The number of epoxide rings is 1. The van der Waals surface area contributed by atoms with Crippen LogP contribution >= 0.6 is 0 Å². The molecule has 10 nitrogen and oxygen atoms in total. The SMILES string of the molecule is CCCCCCCCCCCCCC[C@@H](O)[C@@H](O)[C@H](COC1OC(CO)C(O)C(O)C1O)N[C@@H](CCCCCCCCCC[C@H]1C[C@@H]2C[C@H]1[C@@H]1O[C@H]21)C(F)(F)F. The van der Waals surface area contributed by atoms with Crippen molar-refractivity contribution in [3.05, 3.63) is 0 Å². The molecule has 0 amide bonds. The lowest BCUT2D eigenvalue weighted by Gasteiger charge is -2.40. The van der Waals surface area contributed by atoms with E-state index in [1.54, 1.807) is 0 Å². The third-order valence-corrected chi connectivity index (χ3v) is 13.3. The fourth-order valence-corrected chi connectivity index (χ4v) is 9.76. The Kier molecular flexibility index (Phi) is 21.7. The van der Waals surface area contributed by atoms with Gasteiger partial charge in [0.2, 0.25) is 0 Å². The van der Waals surface area contributed by atoms with Gasteiger partial charge in [-0.2, -0.15) is 13.2 Å². The molecule has 4 rings (SSSR count). The average molecular weight is 810 g/mol. The summed E-state index contributed by atoms with van der Waals surface area (Å²) in [5, 5.41) is 64.9. The van der Waals surface area contributed by atoms with Crippen LogP contribution in [0.3, 0.4) is 0 Å². The van der Waals surface area contributed by atoms with Crippen LogP contribution in [0.15, 0.2) is 0 Å². The van der Waals surface area contributed by atoms with E-state index in [1.807, 2.05) is 0 Å². The van der Waals surface area contributed by atoms with Crippen molar-refractivity contribution in [2.24, 2.45) is 17.8 Å². The normalized spacial score (nSPS) is 32.0. The molecular formula is C43H78F3NO9. The van der Waals surface area contributed by atoms with Crippen LogP contribution in [0.5, 0.6) is 0 Å². The van der Waals surface area contributed by atoms with E-state index in [2.05, 4.69) is 12.2 Å². The van der Waals surface area contributed by atoms with E-state index in [9.17, 15) is 43.8 Å². The zero-order valence-electron chi connectivity index (χ0n) is 34.2. The number of unbranched alkanes of at least 4 members (excludes halogenated alkanes) is 18. The zero-order chi connectivity index (χ0) is 40.5. The van der Waals surface area contributed by atoms with Gasteiger partial charge in [-0.1, -0.05) is 142 Å². The maximum absolute atomic E-state index is 14.4. The average Bonchev–Trinajstić information content (AvgIpc) is 3.78. The maximum atomic E-state index is 14.4. The number of rotatable bonds is 32. The second-order valence-electron chi connectivity index (χ2n) is 17.8. The molecular weight excluding hydrogens is 731 g/mol. The van der Waals surface area contributed by atoms with Gasteiger partial charge < -0.3 is 44.8 Å². The van der Waals surface area contributed by atoms with Crippen molar-refractivity contribution in [1.82, 2.24) is 5.32 Å². The van der Waals surface area contributed by atoms with Crippen molar-refractivity contribution < 1.29 is 58.0 Å². The number of fused-ring (bicyclic) bond motifs is 5. The van der Waals surface area contributed by atoms with Crippen LogP contribution in [0, 0.1) is 17.8 Å². The van der Waals surface area contributed by atoms with Crippen LogP contribution in [-0.2, 0) is 14.2 Å². The smallest absolute Gasteiger partial charge is 0.394 e. The summed E-state index contributed by atoms with van der Waals surface area (Å²) in [6.45, 7) is 0.924. The molecule has 0 aromatic carbocycles. The van der Waals surface area contributed by atoms with Crippen molar-refractivity contribution in [2.45, 2.75) is 241 Å². The standard InChI is InChI=1S/C43H78F3NO9/c1-2-3-4-5-6-7-8-9-10-14-17-20-23-33(49)36(50)32(28-54-42-39(53)38(52)37(51)34(27-48)55-42)47-35(43(44,45)46)24-21-18-15-12-11-13-16-19-22-29-25-30-26-31(29)41-40(30)56-41/h29-42,47-53H,2-28H2,1H3/t29-,30+,31+,32-,33+,34?,35-,36-,37?,38?,39?,40+,41-,42?/m0/s1. The minimum absolute atomic E-state index is 0.199. The zero-order valence-corrected chi connectivity index (χ0v) is 34.2. The summed E-state index contributed by atoms with van der Waals surface area (Å²) in [6, 6.07) is -3.36. The molecule has 7 N–H and O–H groups in total. The van der Waals surface area contributed by atoms with E-state index in [1.165, 1.54) is 77.0 Å². The lowest BCUT2D eigenvalue weighted by Crippen LogP contribution is -2.61. The summed E-state index contributed by atoms with van der Waals surface area (Å²) < 4.78 is 59.9. The molecule has 14 atom stereocenters. The molecule has 2 bridgehead atoms. The summed E-state index contributed by atoms with van der Waals surface area (Å²) in [5.41, 5.74) is 0. The molecule has 0 spiro atoms. The maximum Gasteiger partial charge on any atom is 0.403 e. The molecule has 2 saturated heterocycles. The quantitative estimate of drug-likeness (QED) is 0.0283. The predicted octanol–water partition coefficient (Wildman–Crippen LogP) is 6.83. The summed E-state index contributed by atoms with van der Waals surface area (Å²) in [5.74, 6) is 2.44. The predicted molar refractivity (Wildman–Crippen MR) is 209 cm³/mol. The van der Waals surface area contributed by atoms with E-state index in [0.717, 1.165) is 69.1 Å². The van der Waals surface area contributed by atoms with Gasteiger partial charge in [0.05, 0.1) is 43.7 Å². The molecule has 2 saturated carbocycles. The number of aliphatic hydroxyl groups is 6. The molecule has 0 radical (unpaired) electrons. The lowest BCUT2D eigenvalue weighted by molar-refractivity contribution is -0.303. The Balaban J connectivity index is 1.17. The van der Waals surface area contributed by atoms with Gasteiger partial charge in [0, 0.05) is 0 Å². The number of aliphatic hydroxyl groups excluding tert-OH is 6. The summed E-state index contributed by atoms with van der Waals surface area (Å²) in [4.78, 5) is 0. The van der Waals surface area contributed by atoms with Gasteiger partial charge in [0.15, 0.2) is 6.29 Å². The van der Waals surface area contributed by atoms with Crippen LogP contribution < -0.4 is 5.32 Å². The van der Waals surface area contributed by atoms with Crippen LogP contribution in [0.25, 0.3) is 0 Å². The molecule has 0 aromatic rings. The van der Waals surface area contributed by atoms with Crippen molar-refractivity contribution >= 4 is 0 Å². The van der Waals surface area contributed by atoms with E-state index in [4.69, 9.17) is 14.2 Å². The Morgan fingerprint density at radius 3 is 1.77 bits per heavy atom. The van der Waals surface area contributed by atoms with Gasteiger partial charge in [-0.05, 0) is 43.4 Å². The Bertz CT molecular complexity index is 1040. The Morgan fingerprint density at radius 2 is 1.23 bits per heavy atom. The molecule has 2 heterocycles. The highest BCUT2D eigenvalue weighted by Gasteiger charge is 2.62. The monoisotopic (exact) mass is 810 g/mol. The first-order chi connectivity index (χ1) is 27.0. The minimum atomic E-state index is -4.63. The summed E-state index contributed by atoms with van der Waals surface area (Å²) in [6.07, 6.45) is 10.6. The molecule has 13 heteroatoms. The third-order valence-electron chi connectivity index (χ3n) is 13.3. The third kappa shape index (κ3) is 15.4. The van der Waals surface area contributed by atoms with Crippen molar-refractivity contribution in [3.63, 3.8) is 0 Å². The first kappa shape index (κ1) is 48.1. The Hall–Kier alpha value is -0.610. The van der Waals surface area contributed by atoms with Crippen LogP contribution in [0.2, 0.25) is 0 Å². The lowest BCUT2D eigenvalue weighted by atomic mass is 9.85. The molecule has 4 aliphatic rings. The first-order valence-corrected chi connectivity index (χ1v) is 22.7. The van der Waals surface area contributed by atoms with Crippen molar-refractivity contribution in [1.29, 1.82) is 0 Å². The van der Waals surface area contributed by atoms with Gasteiger partial charge in [0.1, 0.15) is 30.5 Å². The van der Waals surface area contributed by atoms with E-state index in [-0.39, 0.29) is 12.8 Å². The van der Waals surface area contributed by atoms with Gasteiger partial charge in [0.25, 0.3) is 0 Å². The van der Waals surface area contributed by atoms with Crippen molar-refractivity contribution in [2.75, 3.05) is 13.2 Å². The molecule has 0 aromatic heterocycles. The fourth-order valence-electron chi connectivity index (χ4n) is 9.76. The molecule has 2 aliphatic heterocycles. The van der Waals surface area contributed by atoms with E-state index >= 15 is 0 Å². The van der Waals surface area contributed by atoms with Crippen LogP contribution in [0.4, 0.5) is 13.2 Å². The Labute approximate surface area is 334 Å². The topological polar surface area (TPSA) is 164 Å². The molecule has 5 unspecified atom stereocenters. The van der Waals surface area contributed by atoms with Gasteiger partial charge in [-0.15, -0.1) is 0 Å². The summed E-state index contributed by atoms with van der Waals surface area (Å²) in [7, 11) is 0. The Morgan fingerprint density at radius 1 is 0.679 bits per heavy atom.